The van der Waals surface area contributed by atoms with E-state index >= 15 is 0 Å². The second kappa shape index (κ2) is 11.5. The summed E-state index contributed by atoms with van der Waals surface area (Å²) in [5, 5.41) is 2.61. The van der Waals surface area contributed by atoms with Crippen LogP contribution in [0.2, 0.25) is 0 Å². The summed E-state index contributed by atoms with van der Waals surface area (Å²) in [6.07, 6.45) is 1.90. The smallest absolute Gasteiger partial charge is 0.0729 e. The Bertz CT molecular complexity index is 3180. The molecule has 0 saturated heterocycles. The highest BCUT2D eigenvalue weighted by Crippen LogP contribution is 2.64. The molecule has 1 unspecified atom stereocenters. The number of anilines is 2. The Morgan fingerprint density at radius 1 is 0.421 bits per heavy atom. The van der Waals surface area contributed by atoms with Gasteiger partial charge in [-0.15, -0.1) is 0 Å². The second-order valence-corrected chi connectivity index (χ2v) is 16.3. The molecule has 266 valence electrons. The standard InChI is InChI=1S/C56H37N/c1-6-19-44-35(13-1)27-30-52-54(44)48-21-8-10-25-51(48)56(52)50-24-9-7-20-46(50)47-23-11-16-38(55(47)56)34-57(40-28-29-43-39(32-40)31-36-14-2-4-17-41(36)43)53-26-12-22-45-42-18-5-3-15-37(42)33-49(45)53/h1-30,32H,31,33-34H2. The highest BCUT2D eigenvalue weighted by molar-refractivity contribution is 6.06. The minimum Gasteiger partial charge on any atom is -0.337 e. The van der Waals surface area contributed by atoms with Crippen LogP contribution in [0.4, 0.5) is 11.4 Å². The number of hydrogen-bond donors (Lipinski definition) is 0. The van der Waals surface area contributed by atoms with Gasteiger partial charge in [-0.1, -0.05) is 170 Å². The fourth-order valence-corrected chi connectivity index (χ4v) is 11.4. The summed E-state index contributed by atoms with van der Waals surface area (Å²) in [6, 6.07) is 71.4. The van der Waals surface area contributed by atoms with Gasteiger partial charge in [0.2, 0.25) is 0 Å². The van der Waals surface area contributed by atoms with E-state index in [1.165, 1.54) is 117 Å². The molecule has 0 N–H and O–H groups in total. The molecule has 9 aromatic rings. The summed E-state index contributed by atoms with van der Waals surface area (Å²) in [6.45, 7) is 0.739. The predicted octanol–water partition coefficient (Wildman–Crippen LogP) is 13.7. The van der Waals surface area contributed by atoms with Crippen LogP contribution < -0.4 is 4.90 Å². The maximum Gasteiger partial charge on any atom is 0.0729 e. The van der Waals surface area contributed by atoms with Gasteiger partial charge in [-0.2, -0.15) is 0 Å². The second-order valence-electron chi connectivity index (χ2n) is 16.3. The van der Waals surface area contributed by atoms with Gasteiger partial charge in [0.25, 0.3) is 0 Å². The van der Waals surface area contributed by atoms with Crippen molar-refractivity contribution in [2.45, 2.75) is 24.8 Å². The molecule has 1 heteroatoms. The van der Waals surface area contributed by atoms with Gasteiger partial charge < -0.3 is 4.90 Å². The molecule has 4 aliphatic rings. The molecule has 57 heavy (non-hydrogen) atoms. The lowest BCUT2D eigenvalue weighted by atomic mass is 9.69. The van der Waals surface area contributed by atoms with Crippen molar-refractivity contribution in [3.8, 4) is 44.5 Å². The van der Waals surface area contributed by atoms with E-state index in [-0.39, 0.29) is 0 Å². The first-order valence-corrected chi connectivity index (χ1v) is 20.3. The zero-order valence-electron chi connectivity index (χ0n) is 31.5. The molecule has 0 aromatic heterocycles. The van der Waals surface area contributed by atoms with E-state index in [0.29, 0.717) is 0 Å². The van der Waals surface area contributed by atoms with Crippen LogP contribution in [-0.4, -0.2) is 0 Å². The first kappa shape index (κ1) is 31.3. The summed E-state index contributed by atoms with van der Waals surface area (Å²) >= 11 is 0. The number of fused-ring (bicyclic) bond motifs is 18. The third-order valence-electron chi connectivity index (χ3n) is 13.6. The molecule has 1 nitrogen and oxygen atoms in total. The summed E-state index contributed by atoms with van der Waals surface area (Å²) in [7, 11) is 0. The van der Waals surface area contributed by atoms with Crippen LogP contribution in [0.1, 0.15) is 50.1 Å². The maximum atomic E-state index is 2.64. The molecule has 4 aliphatic carbocycles. The van der Waals surface area contributed by atoms with E-state index < -0.39 is 5.41 Å². The monoisotopic (exact) mass is 723 g/mol. The average molecular weight is 724 g/mol. The summed E-state index contributed by atoms with van der Waals surface area (Å²) in [4.78, 5) is 2.64. The lowest BCUT2D eigenvalue weighted by molar-refractivity contribution is 0.773. The Labute approximate surface area is 333 Å². The van der Waals surface area contributed by atoms with Crippen LogP contribution in [0, 0.1) is 0 Å². The zero-order valence-corrected chi connectivity index (χ0v) is 31.5. The fraction of sp³-hybridized carbons (Fsp3) is 0.0714. The van der Waals surface area contributed by atoms with Crippen molar-refractivity contribution in [3.63, 3.8) is 0 Å². The molecule has 0 heterocycles. The van der Waals surface area contributed by atoms with Gasteiger partial charge >= 0.3 is 0 Å². The molecule has 9 aromatic carbocycles. The minimum atomic E-state index is -0.446. The third kappa shape index (κ3) is 4.13. The van der Waals surface area contributed by atoms with Crippen LogP contribution >= 0.6 is 0 Å². The first-order valence-electron chi connectivity index (χ1n) is 20.3. The Hall–Kier alpha value is -6.96. The molecule has 0 fully saturated rings. The highest BCUT2D eigenvalue weighted by atomic mass is 15.1. The Morgan fingerprint density at radius 2 is 1.05 bits per heavy atom. The molecule has 13 rings (SSSR count). The highest BCUT2D eigenvalue weighted by Gasteiger charge is 2.53. The van der Waals surface area contributed by atoms with Gasteiger partial charge in [-0.25, -0.2) is 0 Å². The summed E-state index contributed by atoms with van der Waals surface area (Å²) in [5.74, 6) is 0. The number of rotatable bonds is 4. The Balaban J connectivity index is 1.06. The largest absolute Gasteiger partial charge is 0.337 e. The van der Waals surface area contributed by atoms with E-state index in [1.54, 1.807) is 0 Å². The fourth-order valence-electron chi connectivity index (χ4n) is 11.4. The zero-order chi connectivity index (χ0) is 37.2. The average Bonchev–Trinajstić information content (AvgIpc) is 4.01. The van der Waals surface area contributed by atoms with E-state index in [1.807, 2.05) is 0 Å². The van der Waals surface area contributed by atoms with Crippen LogP contribution in [-0.2, 0) is 24.8 Å². The van der Waals surface area contributed by atoms with Crippen molar-refractivity contribution < 1.29 is 0 Å². The predicted molar refractivity (Wildman–Crippen MR) is 235 cm³/mol. The molecule has 0 amide bonds. The van der Waals surface area contributed by atoms with Gasteiger partial charge in [0, 0.05) is 24.3 Å². The van der Waals surface area contributed by atoms with Crippen LogP contribution in [0.5, 0.6) is 0 Å². The van der Waals surface area contributed by atoms with Crippen molar-refractivity contribution >= 4 is 22.1 Å². The molecule has 0 aliphatic heterocycles. The quantitative estimate of drug-likeness (QED) is 0.175. The van der Waals surface area contributed by atoms with E-state index in [4.69, 9.17) is 0 Å². The SMILES string of the molecule is c1ccc2c(c1)Cc1cc(N(Cc3cccc4c3C3(c5ccccc5-4)c4ccccc4-c4c3ccc3ccccc43)c3cccc4c3Cc3ccccc3-4)ccc1-2. The summed E-state index contributed by atoms with van der Waals surface area (Å²) < 4.78 is 0. The number of hydrogen-bond acceptors (Lipinski definition) is 1. The Morgan fingerprint density at radius 3 is 1.91 bits per heavy atom. The molecule has 0 bridgehead atoms. The van der Waals surface area contributed by atoms with E-state index in [2.05, 4.69) is 193 Å². The van der Waals surface area contributed by atoms with Crippen molar-refractivity contribution in [3.05, 3.63) is 238 Å². The number of benzene rings is 9. The third-order valence-corrected chi connectivity index (χ3v) is 13.6. The van der Waals surface area contributed by atoms with Crippen LogP contribution in [0.15, 0.2) is 188 Å². The Kier molecular flexibility index (Phi) is 6.33. The molecular formula is C56H37N. The number of nitrogens with zero attached hydrogens (tertiary/aromatic N) is 1. The van der Waals surface area contributed by atoms with Crippen LogP contribution in [0.3, 0.4) is 0 Å². The van der Waals surface area contributed by atoms with Gasteiger partial charge in [0.05, 0.1) is 5.41 Å². The molecule has 1 atom stereocenters. The minimum absolute atomic E-state index is 0.446. The normalized spacial score (nSPS) is 15.7. The van der Waals surface area contributed by atoms with Crippen LogP contribution in [0.25, 0.3) is 55.3 Å². The summed E-state index contributed by atoms with van der Waals surface area (Å²) in [5.41, 5.74) is 25.5. The first-order chi connectivity index (χ1) is 28.3. The van der Waals surface area contributed by atoms with Crippen molar-refractivity contribution in [1.82, 2.24) is 0 Å². The molecular weight excluding hydrogens is 687 g/mol. The van der Waals surface area contributed by atoms with Crippen molar-refractivity contribution in [1.29, 1.82) is 0 Å². The van der Waals surface area contributed by atoms with Crippen molar-refractivity contribution in [2.75, 3.05) is 4.90 Å². The van der Waals surface area contributed by atoms with E-state index in [0.717, 1.165) is 19.4 Å². The lowest BCUT2D eigenvalue weighted by Crippen LogP contribution is -2.29. The molecule has 0 radical (unpaired) electrons. The van der Waals surface area contributed by atoms with E-state index in [9.17, 15) is 0 Å². The van der Waals surface area contributed by atoms with Crippen molar-refractivity contribution in [2.24, 2.45) is 0 Å². The van der Waals surface area contributed by atoms with Gasteiger partial charge in [-0.3, -0.25) is 0 Å². The maximum absolute atomic E-state index is 2.64. The topological polar surface area (TPSA) is 3.24 Å². The van der Waals surface area contributed by atoms with Gasteiger partial charge in [0.1, 0.15) is 0 Å². The van der Waals surface area contributed by atoms with Gasteiger partial charge in [0.15, 0.2) is 0 Å². The lowest BCUT2D eigenvalue weighted by Gasteiger charge is -2.34. The molecule has 1 spiro atoms. The van der Waals surface area contributed by atoms with Gasteiger partial charge in [-0.05, 0) is 130 Å². The molecule has 0 saturated carbocycles.